The predicted octanol–water partition coefficient (Wildman–Crippen LogP) is 2.48. The van der Waals surface area contributed by atoms with Gasteiger partial charge in [0.1, 0.15) is 5.76 Å². The second-order valence-corrected chi connectivity index (χ2v) is 5.53. The Hall–Kier alpha value is -1.96. The van der Waals surface area contributed by atoms with Crippen molar-refractivity contribution in [3.63, 3.8) is 0 Å². The lowest BCUT2D eigenvalue weighted by atomic mass is 10.0. The van der Waals surface area contributed by atoms with Crippen molar-refractivity contribution >= 4 is 17.7 Å². The van der Waals surface area contributed by atoms with Crippen LogP contribution in [0.25, 0.3) is 0 Å². The van der Waals surface area contributed by atoms with Gasteiger partial charge in [-0.05, 0) is 25.0 Å². The third-order valence-corrected chi connectivity index (χ3v) is 4.22. The van der Waals surface area contributed by atoms with Crippen LogP contribution >= 0.6 is 11.8 Å². The zero-order valence-electron chi connectivity index (χ0n) is 11.9. The van der Waals surface area contributed by atoms with Gasteiger partial charge in [-0.15, -0.1) is 10.2 Å². The fourth-order valence-corrected chi connectivity index (χ4v) is 2.78. The molecule has 0 aromatic carbocycles. The number of hydrogen-bond acceptors (Lipinski definition) is 6. The number of nitrogen functional groups attached to an aromatic ring is 1. The SMILES string of the molecule is CCC(CC)c1nnc(SCc2ccc(C(=O)O)o2)n1N. The molecule has 0 spiro atoms. The summed E-state index contributed by atoms with van der Waals surface area (Å²) in [4.78, 5) is 10.7. The van der Waals surface area contributed by atoms with E-state index in [1.165, 1.54) is 22.5 Å². The summed E-state index contributed by atoms with van der Waals surface area (Å²) < 4.78 is 6.69. The number of rotatable bonds is 7. The Morgan fingerprint density at radius 1 is 1.43 bits per heavy atom. The van der Waals surface area contributed by atoms with Gasteiger partial charge in [0.25, 0.3) is 0 Å². The van der Waals surface area contributed by atoms with Crippen LogP contribution in [0.2, 0.25) is 0 Å². The van der Waals surface area contributed by atoms with E-state index in [0.717, 1.165) is 18.7 Å². The van der Waals surface area contributed by atoms with Crippen molar-refractivity contribution in [2.75, 3.05) is 5.84 Å². The lowest BCUT2D eigenvalue weighted by Gasteiger charge is -2.10. The average Bonchev–Trinajstić information content (AvgIpc) is 3.07. The van der Waals surface area contributed by atoms with Crippen LogP contribution in [0, 0.1) is 0 Å². The fraction of sp³-hybridized carbons (Fsp3) is 0.462. The van der Waals surface area contributed by atoms with Gasteiger partial charge in [-0.3, -0.25) is 0 Å². The first kappa shape index (κ1) is 15.4. The van der Waals surface area contributed by atoms with Gasteiger partial charge in [-0.1, -0.05) is 25.6 Å². The monoisotopic (exact) mass is 310 g/mol. The highest BCUT2D eigenvalue weighted by molar-refractivity contribution is 7.98. The highest BCUT2D eigenvalue weighted by atomic mass is 32.2. The Morgan fingerprint density at radius 2 is 2.14 bits per heavy atom. The minimum absolute atomic E-state index is 0.0717. The number of carbonyl (C=O) groups is 1. The molecule has 0 unspecified atom stereocenters. The average molecular weight is 310 g/mol. The van der Waals surface area contributed by atoms with Crippen LogP contribution in [-0.2, 0) is 5.75 Å². The quantitative estimate of drug-likeness (QED) is 0.597. The van der Waals surface area contributed by atoms with Gasteiger partial charge in [0, 0.05) is 5.92 Å². The Balaban J connectivity index is 2.04. The zero-order chi connectivity index (χ0) is 15.4. The first-order valence-corrected chi connectivity index (χ1v) is 7.70. The van der Waals surface area contributed by atoms with Crippen molar-refractivity contribution in [1.29, 1.82) is 0 Å². The van der Waals surface area contributed by atoms with Crippen LogP contribution < -0.4 is 5.84 Å². The second kappa shape index (κ2) is 6.66. The molecule has 0 aliphatic carbocycles. The number of thioether (sulfide) groups is 1. The van der Waals surface area contributed by atoms with E-state index in [1.54, 1.807) is 6.07 Å². The molecule has 2 aromatic heterocycles. The van der Waals surface area contributed by atoms with E-state index in [2.05, 4.69) is 24.0 Å². The van der Waals surface area contributed by atoms with Crippen LogP contribution in [0.5, 0.6) is 0 Å². The summed E-state index contributed by atoms with van der Waals surface area (Å²) in [5.41, 5.74) is 0. The molecule has 0 atom stereocenters. The van der Waals surface area contributed by atoms with Crippen molar-refractivity contribution in [3.05, 3.63) is 29.5 Å². The largest absolute Gasteiger partial charge is 0.475 e. The number of furan rings is 1. The van der Waals surface area contributed by atoms with Crippen molar-refractivity contribution in [2.45, 2.75) is 43.5 Å². The van der Waals surface area contributed by atoms with Gasteiger partial charge >= 0.3 is 5.97 Å². The Bertz CT molecular complexity index is 619. The fourth-order valence-electron chi connectivity index (χ4n) is 2.03. The molecule has 0 bridgehead atoms. The standard InChI is InChI=1S/C13H18N4O3S/c1-3-8(4-2)11-15-16-13(17(11)14)21-7-9-5-6-10(20-9)12(18)19/h5-6,8H,3-4,7,14H2,1-2H3,(H,18,19). The maximum atomic E-state index is 10.7. The second-order valence-electron chi connectivity index (χ2n) is 4.58. The molecule has 0 aliphatic heterocycles. The zero-order valence-corrected chi connectivity index (χ0v) is 12.8. The lowest BCUT2D eigenvalue weighted by molar-refractivity contribution is 0.0661. The van der Waals surface area contributed by atoms with Crippen molar-refractivity contribution in [3.8, 4) is 0 Å². The van der Waals surface area contributed by atoms with Crippen molar-refractivity contribution in [2.24, 2.45) is 0 Å². The van der Waals surface area contributed by atoms with E-state index in [0.29, 0.717) is 22.6 Å². The first-order chi connectivity index (χ1) is 10.1. The van der Waals surface area contributed by atoms with E-state index in [9.17, 15) is 4.79 Å². The minimum Gasteiger partial charge on any atom is -0.475 e. The molecule has 3 N–H and O–H groups in total. The third kappa shape index (κ3) is 3.38. The lowest BCUT2D eigenvalue weighted by Crippen LogP contribution is -2.16. The molecule has 114 valence electrons. The number of aromatic nitrogens is 3. The van der Waals surface area contributed by atoms with Crippen LogP contribution in [0.4, 0.5) is 0 Å². The summed E-state index contributed by atoms with van der Waals surface area (Å²) in [5.74, 6) is 6.94. The van der Waals surface area contributed by atoms with Gasteiger partial charge in [-0.2, -0.15) is 0 Å². The maximum absolute atomic E-state index is 10.7. The van der Waals surface area contributed by atoms with E-state index in [1.807, 2.05) is 0 Å². The normalized spacial score (nSPS) is 11.2. The number of nitrogens with two attached hydrogens (primary N) is 1. The summed E-state index contributed by atoms with van der Waals surface area (Å²) in [6, 6.07) is 3.07. The Morgan fingerprint density at radius 3 is 2.71 bits per heavy atom. The maximum Gasteiger partial charge on any atom is 0.371 e. The number of hydrogen-bond donors (Lipinski definition) is 2. The van der Waals surface area contributed by atoms with Gasteiger partial charge < -0.3 is 15.4 Å². The molecule has 2 aromatic rings. The van der Waals surface area contributed by atoms with Gasteiger partial charge in [0.05, 0.1) is 5.75 Å². The van der Waals surface area contributed by atoms with E-state index in [4.69, 9.17) is 15.4 Å². The van der Waals surface area contributed by atoms with E-state index >= 15 is 0 Å². The van der Waals surface area contributed by atoms with Gasteiger partial charge in [0.2, 0.25) is 10.9 Å². The number of aromatic carboxylic acids is 1. The third-order valence-electron chi connectivity index (χ3n) is 3.26. The molecular weight excluding hydrogens is 292 g/mol. The summed E-state index contributed by atoms with van der Waals surface area (Å²) in [5, 5.41) is 17.6. The molecular formula is C13H18N4O3S. The number of carboxylic acids is 1. The topological polar surface area (TPSA) is 107 Å². The van der Waals surface area contributed by atoms with Crippen LogP contribution in [0.3, 0.4) is 0 Å². The Kier molecular flexibility index (Phi) is 4.89. The first-order valence-electron chi connectivity index (χ1n) is 6.72. The van der Waals surface area contributed by atoms with E-state index < -0.39 is 5.97 Å². The molecule has 0 radical (unpaired) electrons. The highest BCUT2D eigenvalue weighted by Gasteiger charge is 2.18. The summed E-state index contributed by atoms with van der Waals surface area (Å²) in [6.45, 7) is 4.18. The summed E-state index contributed by atoms with van der Waals surface area (Å²) in [7, 11) is 0. The molecule has 0 amide bonds. The van der Waals surface area contributed by atoms with E-state index in [-0.39, 0.29) is 5.76 Å². The molecule has 0 saturated carbocycles. The van der Waals surface area contributed by atoms with Crippen LogP contribution in [0.1, 0.15) is 54.7 Å². The number of carboxylic acid groups (broad SMARTS) is 1. The predicted molar refractivity (Wildman–Crippen MR) is 78.7 cm³/mol. The highest BCUT2D eigenvalue weighted by Crippen LogP contribution is 2.26. The Labute approximate surface area is 126 Å². The van der Waals surface area contributed by atoms with Crippen LogP contribution in [0.15, 0.2) is 21.7 Å². The minimum atomic E-state index is -1.08. The van der Waals surface area contributed by atoms with Crippen molar-refractivity contribution in [1.82, 2.24) is 14.9 Å². The summed E-state index contributed by atoms with van der Waals surface area (Å²) in [6.07, 6.45) is 1.91. The molecule has 21 heavy (non-hydrogen) atoms. The molecule has 2 heterocycles. The summed E-state index contributed by atoms with van der Waals surface area (Å²) >= 11 is 1.36. The molecule has 0 aliphatic rings. The number of nitrogens with zero attached hydrogens (tertiary/aromatic N) is 3. The van der Waals surface area contributed by atoms with Gasteiger partial charge in [-0.25, -0.2) is 9.47 Å². The molecule has 0 saturated heterocycles. The molecule has 8 heteroatoms. The molecule has 0 fully saturated rings. The molecule has 7 nitrogen and oxygen atoms in total. The van der Waals surface area contributed by atoms with Crippen LogP contribution in [-0.4, -0.2) is 25.9 Å². The van der Waals surface area contributed by atoms with Crippen molar-refractivity contribution < 1.29 is 14.3 Å². The van der Waals surface area contributed by atoms with Gasteiger partial charge in [0.15, 0.2) is 5.82 Å². The molecule has 2 rings (SSSR count). The smallest absolute Gasteiger partial charge is 0.371 e.